The first-order chi connectivity index (χ1) is 7.57. The van der Waals surface area contributed by atoms with E-state index in [0.29, 0.717) is 24.4 Å². The van der Waals surface area contributed by atoms with E-state index in [9.17, 15) is 0 Å². The van der Waals surface area contributed by atoms with Crippen molar-refractivity contribution in [1.82, 2.24) is 0 Å². The number of hydrogen-bond acceptors (Lipinski definition) is 3. The second-order valence-corrected chi connectivity index (χ2v) is 5.78. The third-order valence-electron chi connectivity index (χ3n) is 4.06. The van der Waals surface area contributed by atoms with E-state index in [1.54, 1.807) is 0 Å². The van der Waals surface area contributed by atoms with E-state index in [2.05, 4.69) is 20.8 Å². The van der Waals surface area contributed by atoms with Crippen LogP contribution in [0.1, 0.15) is 40.0 Å². The summed E-state index contributed by atoms with van der Waals surface area (Å²) in [7, 11) is 0. The molecule has 0 bridgehead atoms. The summed E-state index contributed by atoms with van der Waals surface area (Å²) in [5.41, 5.74) is 0. The maximum absolute atomic E-state index is 9.17. The lowest BCUT2D eigenvalue weighted by Gasteiger charge is -2.44. The molecular formula is C13H24O3. The van der Waals surface area contributed by atoms with E-state index in [4.69, 9.17) is 14.6 Å². The number of hydrogen-bond donors (Lipinski definition) is 1. The van der Waals surface area contributed by atoms with Crippen molar-refractivity contribution in [3.8, 4) is 0 Å². The van der Waals surface area contributed by atoms with Crippen LogP contribution in [0.2, 0.25) is 0 Å². The van der Waals surface area contributed by atoms with Crippen molar-refractivity contribution in [3.63, 3.8) is 0 Å². The Morgan fingerprint density at radius 2 is 2.12 bits per heavy atom. The molecule has 2 rings (SSSR count). The van der Waals surface area contributed by atoms with Gasteiger partial charge in [0.25, 0.3) is 0 Å². The van der Waals surface area contributed by atoms with Crippen molar-refractivity contribution in [2.45, 2.75) is 51.9 Å². The van der Waals surface area contributed by atoms with Crippen LogP contribution in [-0.4, -0.2) is 30.2 Å². The van der Waals surface area contributed by atoms with Crippen LogP contribution in [-0.2, 0) is 9.47 Å². The van der Waals surface area contributed by atoms with Crippen molar-refractivity contribution in [1.29, 1.82) is 0 Å². The van der Waals surface area contributed by atoms with Gasteiger partial charge in [-0.2, -0.15) is 0 Å². The highest BCUT2D eigenvalue weighted by Gasteiger charge is 2.51. The fraction of sp³-hybridized carbons (Fsp3) is 1.00. The van der Waals surface area contributed by atoms with Gasteiger partial charge in [-0.15, -0.1) is 0 Å². The first-order valence-electron chi connectivity index (χ1n) is 6.50. The van der Waals surface area contributed by atoms with Crippen LogP contribution in [0.25, 0.3) is 0 Å². The maximum atomic E-state index is 9.17. The lowest BCUT2D eigenvalue weighted by molar-refractivity contribution is -0.240. The Morgan fingerprint density at radius 3 is 2.69 bits per heavy atom. The van der Waals surface area contributed by atoms with Gasteiger partial charge in [-0.1, -0.05) is 27.2 Å². The lowest BCUT2D eigenvalue weighted by Crippen LogP contribution is -2.47. The zero-order valence-electron chi connectivity index (χ0n) is 10.6. The molecule has 0 aromatic heterocycles. The Balaban J connectivity index is 2.13. The Labute approximate surface area is 98.1 Å². The van der Waals surface area contributed by atoms with E-state index in [-0.39, 0.29) is 12.7 Å². The second-order valence-electron chi connectivity index (χ2n) is 5.78. The molecule has 3 heteroatoms. The summed E-state index contributed by atoms with van der Waals surface area (Å²) in [4.78, 5) is 0. The summed E-state index contributed by atoms with van der Waals surface area (Å²) in [6, 6.07) is 0. The van der Waals surface area contributed by atoms with Gasteiger partial charge in [0.05, 0.1) is 13.2 Å². The fourth-order valence-electron chi connectivity index (χ4n) is 3.24. The van der Waals surface area contributed by atoms with Gasteiger partial charge in [-0.3, -0.25) is 0 Å². The summed E-state index contributed by atoms with van der Waals surface area (Å²) in [6.07, 6.45) is 3.30. The first-order valence-corrected chi connectivity index (χ1v) is 6.50. The smallest absolute Gasteiger partial charge is 0.172 e. The quantitative estimate of drug-likeness (QED) is 0.787. The molecule has 1 saturated heterocycles. The predicted octanol–water partition coefficient (Wildman–Crippen LogP) is 2.18. The molecule has 0 aromatic rings. The lowest BCUT2D eigenvalue weighted by atomic mass is 9.73. The third-order valence-corrected chi connectivity index (χ3v) is 4.06. The number of aliphatic hydroxyl groups excluding tert-OH is 1. The summed E-state index contributed by atoms with van der Waals surface area (Å²) < 4.78 is 12.0. The zero-order chi connectivity index (χ0) is 11.8. The Hall–Kier alpha value is -0.120. The third kappa shape index (κ3) is 2.13. The highest BCUT2D eigenvalue weighted by atomic mass is 16.7. The van der Waals surface area contributed by atoms with Crippen molar-refractivity contribution in [2.75, 3.05) is 13.2 Å². The molecule has 1 aliphatic carbocycles. The highest BCUT2D eigenvalue weighted by molar-refractivity contribution is 4.92. The minimum atomic E-state index is -0.404. The van der Waals surface area contributed by atoms with Gasteiger partial charge >= 0.3 is 0 Å². The molecule has 1 spiro atoms. The molecular weight excluding hydrogens is 204 g/mol. The van der Waals surface area contributed by atoms with Crippen LogP contribution in [0.15, 0.2) is 0 Å². The number of aliphatic hydroxyl groups is 1. The summed E-state index contributed by atoms with van der Waals surface area (Å²) in [5.74, 6) is 1.30. The molecule has 0 radical (unpaired) electrons. The molecule has 0 unspecified atom stereocenters. The van der Waals surface area contributed by atoms with Gasteiger partial charge in [0.2, 0.25) is 0 Å². The van der Waals surface area contributed by atoms with Crippen molar-refractivity contribution < 1.29 is 14.6 Å². The molecule has 2 fully saturated rings. The van der Waals surface area contributed by atoms with Gasteiger partial charge in [0, 0.05) is 12.3 Å². The van der Waals surface area contributed by atoms with Crippen LogP contribution >= 0.6 is 0 Å². The first kappa shape index (κ1) is 12.3. The number of rotatable bonds is 2. The predicted molar refractivity (Wildman–Crippen MR) is 62.0 cm³/mol. The second kappa shape index (κ2) is 4.63. The molecule has 0 amide bonds. The minimum absolute atomic E-state index is 0.0704. The van der Waals surface area contributed by atoms with E-state index in [0.717, 1.165) is 6.42 Å². The molecule has 94 valence electrons. The summed E-state index contributed by atoms with van der Waals surface area (Å²) in [5, 5.41) is 9.17. The van der Waals surface area contributed by atoms with E-state index in [1.165, 1.54) is 12.8 Å². The minimum Gasteiger partial charge on any atom is -0.394 e. The molecule has 1 saturated carbocycles. The molecule has 4 atom stereocenters. The normalized spacial score (nSPS) is 44.4. The average Bonchev–Trinajstić information content (AvgIpc) is 2.61. The summed E-state index contributed by atoms with van der Waals surface area (Å²) >= 11 is 0. The summed E-state index contributed by atoms with van der Waals surface area (Å²) in [6.45, 7) is 7.35. The number of ether oxygens (including phenoxy) is 2. The fourth-order valence-corrected chi connectivity index (χ4v) is 3.24. The zero-order valence-corrected chi connectivity index (χ0v) is 10.6. The molecule has 1 aliphatic heterocycles. The van der Waals surface area contributed by atoms with Crippen LogP contribution in [0.3, 0.4) is 0 Å². The highest BCUT2D eigenvalue weighted by Crippen LogP contribution is 2.47. The van der Waals surface area contributed by atoms with E-state index < -0.39 is 5.79 Å². The molecule has 1 heterocycles. The molecule has 1 N–H and O–H groups in total. The largest absolute Gasteiger partial charge is 0.394 e. The van der Waals surface area contributed by atoms with Gasteiger partial charge in [-0.05, 0) is 18.3 Å². The Morgan fingerprint density at radius 1 is 1.38 bits per heavy atom. The average molecular weight is 228 g/mol. The van der Waals surface area contributed by atoms with Crippen LogP contribution < -0.4 is 0 Å². The Bertz CT molecular complexity index is 241. The van der Waals surface area contributed by atoms with Gasteiger partial charge in [0.15, 0.2) is 5.79 Å². The molecule has 2 aliphatic rings. The van der Waals surface area contributed by atoms with Crippen LogP contribution in [0.4, 0.5) is 0 Å². The van der Waals surface area contributed by atoms with Crippen molar-refractivity contribution >= 4 is 0 Å². The molecule has 3 nitrogen and oxygen atoms in total. The van der Waals surface area contributed by atoms with E-state index in [1.807, 2.05) is 0 Å². The standard InChI is InChI=1S/C13H24O3/c1-9(2)12-5-4-10(3)6-13(12)15-8-11(7-14)16-13/h9-12,14H,4-8H2,1-3H3/t10-,11+,12-,13-/m1/s1. The maximum Gasteiger partial charge on any atom is 0.172 e. The van der Waals surface area contributed by atoms with Crippen LogP contribution in [0.5, 0.6) is 0 Å². The molecule has 0 aromatic carbocycles. The van der Waals surface area contributed by atoms with Crippen molar-refractivity contribution in [2.24, 2.45) is 17.8 Å². The Kier molecular flexibility index (Phi) is 3.57. The van der Waals surface area contributed by atoms with Crippen LogP contribution in [0, 0.1) is 17.8 Å². The van der Waals surface area contributed by atoms with Gasteiger partial charge < -0.3 is 14.6 Å². The van der Waals surface area contributed by atoms with Gasteiger partial charge in [-0.25, -0.2) is 0 Å². The monoisotopic (exact) mass is 228 g/mol. The topological polar surface area (TPSA) is 38.7 Å². The SMILES string of the molecule is CC(C)[C@H]1CC[C@@H](C)C[C@]12OC[C@H](CO)O2. The van der Waals surface area contributed by atoms with E-state index >= 15 is 0 Å². The molecule has 16 heavy (non-hydrogen) atoms. The van der Waals surface area contributed by atoms with Crippen molar-refractivity contribution in [3.05, 3.63) is 0 Å². The van der Waals surface area contributed by atoms with Gasteiger partial charge in [0.1, 0.15) is 6.10 Å².